The van der Waals surface area contributed by atoms with E-state index >= 15 is 0 Å². The smallest absolute Gasteiger partial charge is 0.312 e. The monoisotopic (exact) mass is 398 g/mol. The number of anilines is 1. The minimum absolute atomic E-state index is 0.147. The molecule has 0 aromatic heterocycles. The van der Waals surface area contributed by atoms with Crippen molar-refractivity contribution in [2.24, 2.45) is 23.2 Å². The van der Waals surface area contributed by atoms with Crippen LogP contribution in [0.25, 0.3) is 0 Å². The van der Waals surface area contributed by atoms with Crippen LogP contribution in [0.15, 0.2) is 24.3 Å². The molecule has 2 amide bonds. The molecule has 0 atom stereocenters. The molecule has 4 aliphatic carbocycles. The minimum atomic E-state index is -0.443. The lowest BCUT2D eigenvalue weighted by molar-refractivity contribution is -0.173. The number of aryl methyl sites for hydroxylation is 1. The third-order valence-electron chi connectivity index (χ3n) is 6.92. The Morgan fingerprint density at radius 1 is 1.00 bits per heavy atom. The summed E-state index contributed by atoms with van der Waals surface area (Å²) in [5.41, 5.74) is 1.43. The van der Waals surface area contributed by atoms with E-state index in [0.717, 1.165) is 36.9 Å². The minimum Gasteiger partial charge on any atom is -0.455 e. The maximum Gasteiger partial charge on any atom is 0.312 e. The molecule has 0 unspecified atom stereocenters. The van der Waals surface area contributed by atoms with Gasteiger partial charge in [0.05, 0.1) is 12.0 Å². The molecule has 0 spiro atoms. The SMILES string of the molecule is CCc1ccccc1NC(=O)CNC(=O)COC(=O)C12CC3CC(CC(C3)C1)C2. The summed E-state index contributed by atoms with van der Waals surface area (Å²) in [6.07, 6.45) is 7.31. The summed E-state index contributed by atoms with van der Waals surface area (Å²) in [7, 11) is 0. The number of para-hydroxylation sites is 1. The molecule has 0 heterocycles. The van der Waals surface area contributed by atoms with Crippen LogP contribution in [0.1, 0.15) is 51.0 Å². The van der Waals surface area contributed by atoms with E-state index in [4.69, 9.17) is 4.74 Å². The topological polar surface area (TPSA) is 84.5 Å². The third-order valence-corrected chi connectivity index (χ3v) is 6.92. The first kappa shape index (κ1) is 19.9. The van der Waals surface area contributed by atoms with Gasteiger partial charge in [-0.1, -0.05) is 25.1 Å². The van der Waals surface area contributed by atoms with Gasteiger partial charge in [-0.25, -0.2) is 0 Å². The van der Waals surface area contributed by atoms with Gasteiger partial charge < -0.3 is 15.4 Å². The summed E-state index contributed by atoms with van der Waals surface area (Å²) in [5, 5.41) is 5.35. The highest BCUT2D eigenvalue weighted by molar-refractivity contribution is 5.95. The fourth-order valence-electron chi connectivity index (χ4n) is 6.02. The number of carbonyl (C=O) groups is 3. The second-order valence-electron chi connectivity index (χ2n) is 9.11. The Balaban J connectivity index is 1.22. The van der Waals surface area contributed by atoms with Crippen molar-refractivity contribution in [2.45, 2.75) is 51.9 Å². The summed E-state index contributed by atoms with van der Waals surface area (Å²) in [6, 6.07) is 7.58. The van der Waals surface area contributed by atoms with Crippen LogP contribution in [0.2, 0.25) is 0 Å². The Morgan fingerprint density at radius 2 is 1.62 bits per heavy atom. The van der Waals surface area contributed by atoms with Gasteiger partial charge in [-0.2, -0.15) is 0 Å². The van der Waals surface area contributed by atoms with Gasteiger partial charge in [-0.05, 0) is 74.3 Å². The lowest BCUT2D eigenvalue weighted by atomic mass is 9.49. The molecule has 5 rings (SSSR count). The maximum absolute atomic E-state index is 12.8. The normalized spacial score (nSPS) is 29.3. The lowest BCUT2D eigenvalue weighted by Gasteiger charge is -2.55. The molecule has 4 saturated carbocycles. The standard InChI is InChI=1S/C23H30N2O4/c1-2-18-5-3-4-6-19(18)25-20(26)13-24-21(27)14-29-22(28)23-10-15-7-16(11-23)9-17(8-15)12-23/h3-6,15-17H,2,7-14H2,1H3,(H,24,27)(H,25,26). The van der Waals surface area contributed by atoms with Crippen molar-refractivity contribution in [3.8, 4) is 0 Å². The van der Waals surface area contributed by atoms with Gasteiger partial charge in [-0.3, -0.25) is 14.4 Å². The van der Waals surface area contributed by atoms with Crippen molar-refractivity contribution in [3.63, 3.8) is 0 Å². The zero-order chi connectivity index (χ0) is 20.4. The number of hydrogen-bond donors (Lipinski definition) is 2. The zero-order valence-electron chi connectivity index (χ0n) is 17.0. The fourth-order valence-corrected chi connectivity index (χ4v) is 6.02. The van der Waals surface area contributed by atoms with Crippen LogP contribution in [0, 0.1) is 23.2 Å². The van der Waals surface area contributed by atoms with Gasteiger partial charge in [0.15, 0.2) is 6.61 Å². The molecule has 0 radical (unpaired) electrons. The molecule has 4 bridgehead atoms. The van der Waals surface area contributed by atoms with Gasteiger partial charge in [0.2, 0.25) is 5.91 Å². The number of amides is 2. The molecule has 4 aliphatic rings. The second-order valence-corrected chi connectivity index (χ2v) is 9.11. The number of nitrogens with one attached hydrogen (secondary N) is 2. The number of ether oxygens (including phenoxy) is 1. The van der Waals surface area contributed by atoms with E-state index in [1.807, 2.05) is 31.2 Å². The molecule has 2 N–H and O–H groups in total. The van der Waals surface area contributed by atoms with Gasteiger partial charge in [-0.15, -0.1) is 0 Å². The highest BCUT2D eigenvalue weighted by Gasteiger charge is 2.55. The maximum atomic E-state index is 12.8. The Bertz CT molecular complexity index is 769. The number of hydrogen-bond acceptors (Lipinski definition) is 4. The van der Waals surface area contributed by atoms with E-state index in [1.54, 1.807) is 0 Å². The highest BCUT2D eigenvalue weighted by atomic mass is 16.5. The molecule has 0 saturated heterocycles. The lowest BCUT2D eigenvalue weighted by Crippen LogP contribution is -2.51. The number of esters is 1. The zero-order valence-corrected chi connectivity index (χ0v) is 17.0. The predicted molar refractivity (Wildman–Crippen MR) is 109 cm³/mol. The van der Waals surface area contributed by atoms with Gasteiger partial charge in [0.1, 0.15) is 0 Å². The van der Waals surface area contributed by atoms with Crippen LogP contribution in [0.4, 0.5) is 5.69 Å². The molecule has 0 aliphatic heterocycles. The quantitative estimate of drug-likeness (QED) is 0.692. The molecule has 1 aromatic carbocycles. The number of rotatable bonds is 7. The Morgan fingerprint density at radius 3 is 2.24 bits per heavy atom. The van der Waals surface area contributed by atoms with Crippen LogP contribution >= 0.6 is 0 Å². The largest absolute Gasteiger partial charge is 0.455 e. The van der Waals surface area contributed by atoms with E-state index in [-0.39, 0.29) is 30.4 Å². The molecule has 156 valence electrons. The Kier molecular flexibility index (Phi) is 5.61. The molecule has 1 aromatic rings. The van der Waals surface area contributed by atoms with Gasteiger partial charge in [0, 0.05) is 5.69 Å². The first-order chi connectivity index (χ1) is 14.0. The Labute approximate surface area is 171 Å². The van der Waals surface area contributed by atoms with Crippen LogP contribution < -0.4 is 10.6 Å². The van der Waals surface area contributed by atoms with Crippen molar-refractivity contribution >= 4 is 23.5 Å². The molecule has 29 heavy (non-hydrogen) atoms. The van der Waals surface area contributed by atoms with Crippen LogP contribution in [-0.2, 0) is 25.5 Å². The van der Waals surface area contributed by atoms with Crippen molar-refractivity contribution in [1.29, 1.82) is 0 Å². The van der Waals surface area contributed by atoms with Gasteiger partial charge in [0.25, 0.3) is 5.91 Å². The second kappa shape index (κ2) is 8.17. The first-order valence-electron chi connectivity index (χ1n) is 10.8. The van der Waals surface area contributed by atoms with E-state index in [1.165, 1.54) is 19.3 Å². The van der Waals surface area contributed by atoms with Gasteiger partial charge >= 0.3 is 5.97 Å². The average molecular weight is 399 g/mol. The van der Waals surface area contributed by atoms with E-state index < -0.39 is 5.91 Å². The van der Waals surface area contributed by atoms with E-state index in [2.05, 4.69) is 10.6 Å². The van der Waals surface area contributed by atoms with E-state index in [9.17, 15) is 14.4 Å². The number of carbonyl (C=O) groups excluding carboxylic acids is 3. The van der Waals surface area contributed by atoms with Crippen LogP contribution in [0.3, 0.4) is 0 Å². The molecular weight excluding hydrogens is 368 g/mol. The molecule has 6 nitrogen and oxygen atoms in total. The highest BCUT2D eigenvalue weighted by Crippen LogP contribution is 2.60. The summed E-state index contributed by atoms with van der Waals surface area (Å²) in [6.45, 7) is 1.55. The third kappa shape index (κ3) is 4.31. The van der Waals surface area contributed by atoms with Crippen molar-refractivity contribution in [3.05, 3.63) is 29.8 Å². The van der Waals surface area contributed by atoms with Crippen molar-refractivity contribution < 1.29 is 19.1 Å². The summed E-state index contributed by atoms with van der Waals surface area (Å²) >= 11 is 0. The Hall–Kier alpha value is -2.37. The number of benzene rings is 1. The van der Waals surface area contributed by atoms with E-state index in [0.29, 0.717) is 17.8 Å². The summed E-state index contributed by atoms with van der Waals surface area (Å²) in [4.78, 5) is 37.0. The van der Waals surface area contributed by atoms with Crippen molar-refractivity contribution in [1.82, 2.24) is 5.32 Å². The fraction of sp³-hybridized carbons (Fsp3) is 0.609. The average Bonchev–Trinajstić information content (AvgIpc) is 2.70. The van der Waals surface area contributed by atoms with Crippen molar-refractivity contribution in [2.75, 3.05) is 18.5 Å². The molecule has 6 heteroatoms. The first-order valence-corrected chi connectivity index (χ1v) is 10.8. The molecular formula is C23H30N2O4. The summed E-state index contributed by atoms with van der Waals surface area (Å²) < 4.78 is 5.39. The van der Waals surface area contributed by atoms with Crippen LogP contribution in [-0.4, -0.2) is 30.9 Å². The predicted octanol–water partition coefficient (Wildman–Crippen LogP) is 3.06. The molecule has 4 fully saturated rings. The van der Waals surface area contributed by atoms with Crippen LogP contribution in [0.5, 0.6) is 0 Å². The summed E-state index contributed by atoms with van der Waals surface area (Å²) in [5.74, 6) is 0.994.